The molecule has 3 heterocycles. The number of carbonyl (C=O) groups is 1. The molecule has 0 bridgehead atoms. The monoisotopic (exact) mass is 567 g/mol. The number of fused-ring (bicyclic) bond motifs is 3. The normalized spacial score (nSPS) is 14.0. The summed E-state index contributed by atoms with van der Waals surface area (Å²) in [5.41, 5.74) is 5.87. The Morgan fingerprint density at radius 1 is 1.02 bits per heavy atom. The van der Waals surface area contributed by atoms with Crippen LogP contribution in [0.5, 0.6) is 5.75 Å². The maximum Gasteiger partial charge on any atom is 0.352 e. The van der Waals surface area contributed by atoms with Crippen molar-refractivity contribution in [3.8, 4) is 16.9 Å². The summed E-state index contributed by atoms with van der Waals surface area (Å²) >= 11 is 0. The van der Waals surface area contributed by atoms with E-state index in [1.165, 1.54) is 0 Å². The Hall–Kier alpha value is -4.14. The van der Waals surface area contributed by atoms with Crippen LogP contribution in [0.3, 0.4) is 0 Å². The SMILES string of the molecule is COCc1nn(C)c2c1-c1cccc3c(CCCOc4cccc5ccccc45)c(C(=O)O)n(c13)CCCCCOC2. The van der Waals surface area contributed by atoms with Crippen LogP contribution >= 0.6 is 0 Å². The fraction of sp³-hybridized carbons (Fsp3) is 0.353. The average molecular weight is 568 g/mol. The van der Waals surface area contributed by atoms with Crippen LogP contribution in [0.4, 0.5) is 0 Å². The van der Waals surface area contributed by atoms with Crippen molar-refractivity contribution in [2.75, 3.05) is 20.3 Å². The molecule has 5 aromatic rings. The Morgan fingerprint density at radius 3 is 2.69 bits per heavy atom. The van der Waals surface area contributed by atoms with Crippen LogP contribution in [0.15, 0.2) is 60.7 Å². The molecule has 6 rings (SSSR count). The lowest BCUT2D eigenvalue weighted by atomic mass is 9.98. The number of carboxylic acids is 1. The Labute approximate surface area is 245 Å². The summed E-state index contributed by atoms with van der Waals surface area (Å²) in [5, 5.41) is 18.5. The van der Waals surface area contributed by atoms with E-state index in [0.717, 1.165) is 74.8 Å². The molecule has 8 heteroatoms. The second-order valence-corrected chi connectivity index (χ2v) is 10.9. The van der Waals surface area contributed by atoms with E-state index >= 15 is 0 Å². The second-order valence-electron chi connectivity index (χ2n) is 10.9. The third-order valence-electron chi connectivity index (χ3n) is 8.17. The third kappa shape index (κ3) is 5.28. The molecule has 0 radical (unpaired) electrons. The molecule has 1 N–H and O–H groups in total. The minimum atomic E-state index is -0.902. The Bertz CT molecular complexity index is 1730. The minimum absolute atomic E-state index is 0.352. The van der Waals surface area contributed by atoms with Crippen molar-refractivity contribution in [2.24, 2.45) is 7.05 Å². The first-order valence-electron chi connectivity index (χ1n) is 14.7. The molecule has 1 aliphatic rings. The number of benzene rings is 3. The topological polar surface area (TPSA) is 87.7 Å². The van der Waals surface area contributed by atoms with E-state index < -0.39 is 5.97 Å². The zero-order chi connectivity index (χ0) is 29.1. The molecule has 0 atom stereocenters. The summed E-state index contributed by atoms with van der Waals surface area (Å²) in [6.07, 6.45) is 4.03. The smallest absolute Gasteiger partial charge is 0.352 e. The Kier molecular flexibility index (Phi) is 8.26. The lowest BCUT2D eigenvalue weighted by molar-refractivity contribution is 0.0683. The molecular formula is C34H37N3O5. The predicted molar refractivity (Wildman–Crippen MR) is 163 cm³/mol. The molecule has 218 valence electrons. The van der Waals surface area contributed by atoms with E-state index in [0.29, 0.717) is 51.5 Å². The van der Waals surface area contributed by atoms with Crippen LogP contribution in [-0.2, 0) is 42.7 Å². The van der Waals surface area contributed by atoms with E-state index in [-0.39, 0.29) is 0 Å². The van der Waals surface area contributed by atoms with Crippen LogP contribution in [0, 0.1) is 0 Å². The molecule has 0 aliphatic carbocycles. The predicted octanol–water partition coefficient (Wildman–Crippen LogP) is 6.75. The Morgan fingerprint density at radius 2 is 1.83 bits per heavy atom. The highest BCUT2D eigenvalue weighted by Gasteiger charge is 2.27. The first kappa shape index (κ1) is 28.0. The van der Waals surface area contributed by atoms with Crippen LogP contribution in [0.25, 0.3) is 32.8 Å². The first-order valence-corrected chi connectivity index (χ1v) is 14.7. The van der Waals surface area contributed by atoms with Gasteiger partial charge >= 0.3 is 5.97 Å². The van der Waals surface area contributed by atoms with Crippen LogP contribution in [0.2, 0.25) is 0 Å². The van der Waals surface area contributed by atoms with Gasteiger partial charge in [0.2, 0.25) is 0 Å². The second kappa shape index (κ2) is 12.4. The molecule has 0 saturated carbocycles. The first-order chi connectivity index (χ1) is 20.6. The fourth-order valence-electron chi connectivity index (χ4n) is 6.31. The van der Waals surface area contributed by atoms with Crippen molar-refractivity contribution in [3.63, 3.8) is 0 Å². The van der Waals surface area contributed by atoms with Crippen LogP contribution in [0.1, 0.15) is 53.1 Å². The molecular weight excluding hydrogens is 530 g/mol. The Balaban J connectivity index is 1.41. The number of methoxy groups -OCH3 is 1. The average Bonchev–Trinajstić information content (AvgIpc) is 3.47. The van der Waals surface area contributed by atoms with Crippen molar-refractivity contribution in [3.05, 3.63) is 83.3 Å². The highest BCUT2D eigenvalue weighted by molar-refractivity contribution is 6.04. The van der Waals surface area contributed by atoms with E-state index in [1.54, 1.807) is 7.11 Å². The van der Waals surface area contributed by atoms with Crippen LogP contribution < -0.4 is 4.74 Å². The molecule has 8 nitrogen and oxygen atoms in total. The van der Waals surface area contributed by atoms with Gasteiger partial charge in [-0.3, -0.25) is 4.68 Å². The summed E-state index contributed by atoms with van der Waals surface area (Å²) in [4.78, 5) is 12.9. The molecule has 2 aromatic heterocycles. The fourth-order valence-corrected chi connectivity index (χ4v) is 6.31. The standard InChI is InChI=1S/C34H37N3O5/c1-36-29-22-41-19-7-3-6-18-37-32-25(14-9-15-27(32)31(29)28(35-36)21-40-2)26(33(37)34(38)39)16-10-20-42-30-17-8-12-23-11-4-5-13-24(23)30/h4-5,8-9,11-15,17H,3,6-7,10,16,18-22H2,1-2H3,(H,38,39). The van der Waals surface area contributed by atoms with Crippen molar-refractivity contribution in [2.45, 2.75) is 51.9 Å². The zero-order valence-electron chi connectivity index (χ0n) is 24.3. The molecule has 3 aromatic carbocycles. The van der Waals surface area contributed by atoms with Gasteiger partial charge in [-0.2, -0.15) is 5.10 Å². The largest absolute Gasteiger partial charge is 0.493 e. The van der Waals surface area contributed by atoms with Crippen molar-refractivity contribution in [1.29, 1.82) is 0 Å². The molecule has 0 spiro atoms. The number of aryl methyl sites for hydroxylation is 3. The number of ether oxygens (including phenoxy) is 3. The molecule has 0 amide bonds. The maximum atomic E-state index is 12.9. The van der Waals surface area contributed by atoms with E-state index in [1.807, 2.05) is 46.6 Å². The van der Waals surface area contributed by atoms with Gasteiger partial charge in [0.05, 0.1) is 36.7 Å². The van der Waals surface area contributed by atoms with E-state index in [2.05, 4.69) is 30.3 Å². The van der Waals surface area contributed by atoms with Gasteiger partial charge in [-0.05, 0) is 49.1 Å². The number of carboxylic acid groups (broad SMARTS) is 1. The van der Waals surface area contributed by atoms with Crippen molar-refractivity contribution < 1.29 is 24.1 Å². The number of para-hydroxylation sites is 1. The van der Waals surface area contributed by atoms with Crippen molar-refractivity contribution in [1.82, 2.24) is 14.3 Å². The molecule has 0 unspecified atom stereocenters. The summed E-state index contributed by atoms with van der Waals surface area (Å²) in [6, 6.07) is 20.4. The van der Waals surface area contributed by atoms with Gasteiger partial charge in [0, 0.05) is 49.2 Å². The summed E-state index contributed by atoms with van der Waals surface area (Å²) in [6.45, 7) is 2.55. The molecule has 1 aliphatic heterocycles. The molecule has 0 fully saturated rings. The highest BCUT2D eigenvalue weighted by Crippen LogP contribution is 2.39. The lowest BCUT2D eigenvalue weighted by Gasteiger charge is -2.15. The number of aromatic nitrogens is 3. The quantitative estimate of drug-likeness (QED) is 0.209. The van der Waals surface area contributed by atoms with Gasteiger partial charge in [0.15, 0.2) is 0 Å². The van der Waals surface area contributed by atoms with Crippen molar-refractivity contribution >= 4 is 27.6 Å². The van der Waals surface area contributed by atoms with Gasteiger partial charge < -0.3 is 23.9 Å². The number of nitrogens with zero attached hydrogens (tertiary/aromatic N) is 3. The maximum absolute atomic E-state index is 12.9. The summed E-state index contributed by atoms with van der Waals surface area (Å²) in [7, 11) is 3.59. The molecule has 42 heavy (non-hydrogen) atoms. The molecule has 0 saturated heterocycles. The minimum Gasteiger partial charge on any atom is -0.493 e. The number of hydrogen-bond acceptors (Lipinski definition) is 5. The van der Waals surface area contributed by atoms with E-state index in [4.69, 9.17) is 19.3 Å². The summed E-state index contributed by atoms with van der Waals surface area (Å²) in [5.74, 6) is -0.0557. The van der Waals surface area contributed by atoms with E-state index in [9.17, 15) is 9.90 Å². The zero-order valence-corrected chi connectivity index (χ0v) is 24.3. The third-order valence-corrected chi connectivity index (χ3v) is 8.17. The van der Waals surface area contributed by atoms with Gasteiger partial charge in [-0.25, -0.2) is 4.79 Å². The summed E-state index contributed by atoms with van der Waals surface area (Å²) < 4.78 is 21.7. The van der Waals surface area contributed by atoms with Crippen LogP contribution in [-0.4, -0.2) is 45.7 Å². The van der Waals surface area contributed by atoms with Gasteiger partial charge in [0.1, 0.15) is 11.4 Å². The number of rotatable bonds is 8. The lowest BCUT2D eigenvalue weighted by Crippen LogP contribution is -2.12. The van der Waals surface area contributed by atoms with Gasteiger partial charge in [-0.15, -0.1) is 0 Å². The number of aromatic carboxylic acids is 1. The van der Waals surface area contributed by atoms with Gasteiger partial charge in [0.25, 0.3) is 0 Å². The highest BCUT2D eigenvalue weighted by atomic mass is 16.5. The van der Waals surface area contributed by atoms with Gasteiger partial charge in [-0.1, -0.05) is 54.6 Å². The number of hydrogen-bond donors (Lipinski definition) is 1.